The Morgan fingerprint density at radius 2 is 2.07 bits per heavy atom. The molecule has 0 aliphatic carbocycles. The van der Waals surface area contributed by atoms with E-state index >= 15 is 0 Å². The van der Waals surface area contributed by atoms with E-state index in [0.29, 0.717) is 24.9 Å². The first kappa shape index (κ1) is 19.0. The zero-order chi connectivity index (χ0) is 19.7. The quantitative estimate of drug-likeness (QED) is 0.371. The Bertz CT molecular complexity index is 771. The number of ether oxygens (including phenoxy) is 1. The molecule has 3 heterocycles. The van der Waals surface area contributed by atoms with Crippen LogP contribution < -0.4 is 0 Å². The highest BCUT2D eigenvalue weighted by molar-refractivity contribution is 6.23. The smallest absolute Gasteiger partial charge is 0.417 e. The summed E-state index contributed by atoms with van der Waals surface area (Å²) in [4.78, 5) is 44.7. The molecule has 1 atom stereocenters. The molecule has 1 unspecified atom stereocenters. The van der Waals surface area contributed by atoms with Crippen LogP contribution in [0.2, 0.25) is 0 Å². The average molecular weight is 377 g/mol. The number of fused-ring (bicyclic) bond motifs is 2. The third-order valence-electron chi connectivity index (χ3n) is 4.80. The summed E-state index contributed by atoms with van der Waals surface area (Å²) in [6.45, 7) is 4.57. The van der Waals surface area contributed by atoms with Crippen molar-refractivity contribution in [3.05, 3.63) is 0 Å². The molecule has 10 heteroatoms. The second-order valence-corrected chi connectivity index (χ2v) is 6.81. The number of urea groups is 1. The number of guanidine groups is 1. The zero-order valence-corrected chi connectivity index (χ0v) is 16.1. The van der Waals surface area contributed by atoms with Gasteiger partial charge >= 0.3 is 18.0 Å². The molecule has 27 heavy (non-hydrogen) atoms. The van der Waals surface area contributed by atoms with Crippen molar-refractivity contribution in [1.82, 2.24) is 14.8 Å². The molecule has 0 saturated carbocycles. The number of rotatable bonds is 6. The van der Waals surface area contributed by atoms with E-state index in [1.54, 1.807) is 11.6 Å². The van der Waals surface area contributed by atoms with Crippen molar-refractivity contribution >= 4 is 35.4 Å². The first-order valence-electron chi connectivity index (χ1n) is 9.08. The van der Waals surface area contributed by atoms with Crippen LogP contribution in [0.3, 0.4) is 0 Å². The van der Waals surface area contributed by atoms with Gasteiger partial charge in [-0.15, -0.1) is 10.1 Å². The summed E-state index contributed by atoms with van der Waals surface area (Å²) in [7, 11) is 2.92. The van der Waals surface area contributed by atoms with Crippen LogP contribution >= 0.6 is 0 Å². The van der Waals surface area contributed by atoms with Crippen molar-refractivity contribution in [2.45, 2.75) is 39.2 Å². The summed E-state index contributed by atoms with van der Waals surface area (Å²) in [5.41, 5.74) is 0.740. The molecule has 0 bridgehead atoms. The lowest BCUT2D eigenvalue weighted by molar-refractivity contribution is -0.527. The number of imide groups is 1. The number of esters is 1. The number of nitrogens with zero attached hydrogens (tertiary/aromatic N) is 6. The Hall–Kier alpha value is -2.78. The molecule has 146 valence electrons. The van der Waals surface area contributed by atoms with Gasteiger partial charge in [-0.2, -0.15) is 0 Å². The van der Waals surface area contributed by atoms with Gasteiger partial charge in [0.2, 0.25) is 11.9 Å². The van der Waals surface area contributed by atoms with Gasteiger partial charge in [0.1, 0.15) is 6.54 Å². The molecule has 0 radical (unpaired) electrons. The average Bonchev–Trinajstić information content (AvgIpc) is 3.02. The maximum atomic E-state index is 13.1. The van der Waals surface area contributed by atoms with E-state index in [9.17, 15) is 14.4 Å². The van der Waals surface area contributed by atoms with E-state index in [0.717, 1.165) is 25.0 Å². The molecule has 3 aliphatic heterocycles. The SMILES string of the molecule is CCCCCN1C(=O)C2C(=NC3=[N+]2CC(C)=NN3CC(=O)OC)N(C)C1=O. The molecule has 3 amide bonds. The number of carbonyl (C=O) groups is 3. The lowest BCUT2D eigenvalue weighted by atomic mass is 10.1. The fourth-order valence-electron chi connectivity index (χ4n) is 3.42. The molecule has 3 aliphatic rings. The number of aliphatic imine (C=N–C) groups is 1. The number of carbonyl (C=O) groups excluding carboxylic acids is 3. The van der Waals surface area contributed by atoms with Crippen LogP contribution in [-0.4, -0.2) is 94.6 Å². The second-order valence-electron chi connectivity index (χ2n) is 6.81. The highest BCUT2D eigenvalue weighted by atomic mass is 16.5. The fraction of sp³-hybridized carbons (Fsp3) is 0.647. The van der Waals surface area contributed by atoms with E-state index in [4.69, 9.17) is 4.74 Å². The third kappa shape index (κ3) is 3.31. The largest absolute Gasteiger partial charge is 0.467 e. The molecule has 3 rings (SSSR count). The molecule has 10 nitrogen and oxygen atoms in total. The summed E-state index contributed by atoms with van der Waals surface area (Å²) in [5, 5.41) is 5.77. The molecule has 1 fully saturated rings. The summed E-state index contributed by atoms with van der Waals surface area (Å²) < 4.78 is 6.51. The number of amides is 3. The Kier molecular flexibility index (Phi) is 5.24. The van der Waals surface area contributed by atoms with Crippen molar-refractivity contribution < 1.29 is 23.7 Å². The summed E-state index contributed by atoms with van der Waals surface area (Å²) in [6.07, 6.45) is 2.73. The number of likely N-dealkylation sites (N-methyl/N-ethyl adjacent to an activating group) is 1. The minimum absolute atomic E-state index is 0.116. The van der Waals surface area contributed by atoms with Gasteiger partial charge < -0.3 is 4.74 Å². The summed E-state index contributed by atoms with van der Waals surface area (Å²) in [5.74, 6) is 0.00417. The maximum absolute atomic E-state index is 13.1. The Morgan fingerprint density at radius 3 is 2.74 bits per heavy atom. The van der Waals surface area contributed by atoms with Gasteiger partial charge in [0.15, 0.2) is 6.54 Å². The zero-order valence-electron chi connectivity index (χ0n) is 16.1. The van der Waals surface area contributed by atoms with Gasteiger partial charge in [-0.05, 0) is 13.3 Å². The van der Waals surface area contributed by atoms with Crippen LogP contribution in [0, 0.1) is 0 Å². The van der Waals surface area contributed by atoms with E-state index < -0.39 is 12.0 Å². The molecule has 0 spiro atoms. The molecule has 0 aromatic heterocycles. The van der Waals surface area contributed by atoms with Gasteiger partial charge in [-0.3, -0.25) is 14.6 Å². The summed E-state index contributed by atoms with van der Waals surface area (Å²) >= 11 is 0. The Labute approximate surface area is 157 Å². The van der Waals surface area contributed by atoms with Gasteiger partial charge in [-0.1, -0.05) is 24.8 Å². The number of hydrogen-bond acceptors (Lipinski definition) is 7. The van der Waals surface area contributed by atoms with Crippen LogP contribution in [0.5, 0.6) is 0 Å². The van der Waals surface area contributed by atoms with E-state index in [1.807, 2.05) is 6.92 Å². The molecule has 0 N–H and O–H groups in total. The monoisotopic (exact) mass is 377 g/mol. The number of hydrogen-bond donors (Lipinski definition) is 0. The number of unbranched alkanes of at least 4 members (excludes halogenated alkanes) is 2. The fourth-order valence-corrected chi connectivity index (χ4v) is 3.42. The molecular formula is C17H25N6O4+. The second kappa shape index (κ2) is 7.45. The van der Waals surface area contributed by atoms with Crippen LogP contribution in [0.1, 0.15) is 33.1 Å². The Morgan fingerprint density at radius 1 is 1.33 bits per heavy atom. The van der Waals surface area contributed by atoms with Crippen LogP contribution in [0.25, 0.3) is 0 Å². The number of hydrazone groups is 1. The Balaban J connectivity index is 1.91. The van der Waals surface area contributed by atoms with Crippen molar-refractivity contribution in [2.24, 2.45) is 10.1 Å². The van der Waals surface area contributed by atoms with Crippen LogP contribution in [-0.2, 0) is 14.3 Å². The van der Waals surface area contributed by atoms with E-state index in [2.05, 4.69) is 17.0 Å². The lowest BCUT2D eigenvalue weighted by Gasteiger charge is -2.34. The minimum Gasteiger partial charge on any atom is -0.467 e. The van der Waals surface area contributed by atoms with Crippen molar-refractivity contribution in [3.63, 3.8) is 0 Å². The number of amidine groups is 1. The normalized spacial score (nSPS) is 21.9. The van der Waals surface area contributed by atoms with Crippen molar-refractivity contribution in [2.75, 3.05) is 33.8 Å². The maximum Gasteiger partial charge on any atom is 0.417 e. The van der Waals surface area contributed by atoms with Crippen LogP contribution in [0.15, 0.2) is 10.1 Å². The highest BCUT2D eigenvalue weighted by Gasteiger charge is 2.54. The van der Waals surface area contributed by atoms with E-state index in [1.165, 1.54) is 21.9 Å². The molecule has 0 aromatic rings. The predicted molar refractivity (Wildman–Crippen MR) is 97.6 cm³/mol. The topological polar surface area (TPSA) is 97.9 Å². The predicted octanol–water partition coefficient (Wildman–Crippen LogP) is 0.0843. The van der Waals surface area contributed by atoms with Gasteiger partial charge in [0.05, 0.1) is 12.8 Å². The lowest BCUT2D eigenvalue weighted by Crippen LogP contribution is -2.63. The molecular weight excluding hydrogens is 352 g/mol. The first-order valence-corrected chi connectivity index (χ1v) is 9.08. The first-order chi connectivity index (χ1) is 12.9. The minimum atomic E-state index is -0.685. The van der Waals surface area contributed by atoms with Gasteiger partial charge in [0.25, 0.3) is 5.91 Å². The van der Waals surface area contributed by atoms with Crippen molar-refractivity contribution in [3.8, 4) is 0 Å². The number of methoxy groups -OCH3 is 1. The van der Waals surface area contributed by atoms with Gasteiger partial charge in [-0.25, -0.2) is 14.2 Å². The summed E-state index contributed by atoms with van der Waals surface area (Å²) in [6, 6.07) is -1.06. The standard InChI is InChI=1S/C17H25N6O4/c1-5-6-7-8-21-15(25)13-14(20(3)17(21)26)18-16-22(13)9-11(2)19-23(16)10-12(24)27-4/h13H,5-10H2,1-4H3/q+1. The van der Waals surface area contributed by atoms with Crippen molar-refractivity contribution in [1.29, 1.82) is 0 Å². The van der Waals surface area contributed by atoms with Gasteiger partial charge in [0, 0.05) is 13.6 Å². The highest BCUT2D eigenvalue weighted by Crippen LogP contribution is 2.23. The van der Waals surface area contributed by atoms with E-state index in [-0.39, 0.29) is 18.5 Å². The molecule has 0 aromatic carbocycles. The van der Waals surface area contributed by atoms with Crippen LogP contribution in [0.4, 0.5) is 4.79 Å². The third-order valence-corrected chi connectivity index (χ3v) is 4.80. The molecule has 1 saturated heterocycles.